The number of imidazole rings is 1. The van der Waals surface area contributed by atoms with Crippen LogP contribution in [0.5, 0.6) is 0 Å². The van der Waals surface area contributed by atoms with Crippen LogP contribution in [0.1, 0.15) is 0 Å². The van der Waals surface area contributed by atoms with Crippen molar-refractivity contribution in [3.05, 3.63) is 65.7 Å². The molecule has 0 aliphatic rings. The smallest absolute Gasteiger partial charge is 0.178 e. The highest BCUT2D eigenvalue weighted by Crippen LogP contribution is 2.33. The number of nitrogens with zero attached hydrogens (tertiary/aromatic N) is 5. The van der Waals surface area contributed by atoms with Crippen molar-refractivity contribution >= 4 is 39.1 Å². The van der Waals surface area contributed by atoms with Gasteiger partial charge in [-0.25, -0.2) is 9.97 Å². The molecule has 1 aromatic carbocycles. The summed E-state index contributed by atoms with van der Waals surface area (Å²) in [6.45, 7) is 0. The zero-order valence-electron chi connectivity index (χ0n) is 17.5. The van der Waals surface area contributed by atoms with E-state index >= 15 is 0 Å². The minimum Gasteiger partial charge on any atom is -0.376 e. The lowest BCUT2D eigenvalue weighted by Crippen LogP contribution is -2.08. The standard InChI is InChI=1S/C24H19N7S/c1-31(2)17-9-16(11-25-12-17)14-3-4-20-19(10-14)22(30-29-20)24-27-21-18(15-6-8-32-13-15)5-7-26-23(21)28-24/h3-13H,1-2H3,(H,29,30)(H,26,27,28). The van der Waals surface area contributed by atoms with E-state index in [4.69, 9.17) is 4.98 Å². The fourth-order valence-electron chi connectivity index (χ4n) is 3.89. The molecular weight excluding hydrogens is 418 g/mol. The average molecular weight is 438 g/mol. The Morgan fingerprint density at radius 1 is 0.969 bits per heavy atom. The number of anilines is 1. The molecule has 0 spiro atoms. The SMILES string of the molecule is CN(C)c1cncc(-c2ccc3[nH]nc(-c4nc5nccc(-c6ccsc6)c5[nH]4)c3c2)c1. The van der Waals surface area contributed by atoms with Crippen LogP contribution in [0.25, 0.3) is 55.8 Å². The first kappa shape index (κ1) is 18.7. The first-order valence-corrected chi connectivity index (χ1v) is 11.1. The van der Waals surface area contributed by atoms with E-state index in [0.717, 1.165) is 50.1 Å². The van der Waals surface area contributed by atoms with Crippen LogP contribution in [0.4, 0.5) is 5.69 Å². The van der Waals surface area contributed by atoms with Gasteiger partial charge in [-0.05, 0) is 52.2 Å². The van der Waals surface area contributed by atoms with Gasteiger partial charge in [-0.1, -0.05) is 6.07 Å². The summed E-state index contributed by atoms with van der Waals surface area (Å²) in [5.41, 5.74) is 8.73. The topological polar surface area (TPSA) is 86.4 Å². The van der Waals surface area contributed by atoms with Gasteiger partial charge < -0.3 is 9.88 Å². The molecule has 8 heteroatoms. The van der Waals surface area contributed by atoms with E-state index < -0.39 is 0 Å². The van der Waals surface area contributed by atoms with Gasteiger partial charge in [0.05, 0.1) is 22.9 Å². The lowest BCUT2D eigenvalue weighted by Gasteiger charge is -2.13. The Morgan fingerprint density at radius 2 is 1.91 bits per heavy atom. The average Bonchev–Trinajstić information content (AvgIpc) is 3.57. The molecule has 156 valence electrons. The van der Waals surface area contributed by atoms with E-state index in [1.54, 1.807) is 17.5 Å². The van der Waals surface area contributed by atoms with Crippen molar-refractivity contribution in [1.82, 2.24) is 30.1 Å². The molecule has 32 heavy (non-hydrogen) atoms. The Balaban J connectivity index is 1.49. The molecule has 0 bridgehead atoms. The maximum Gasteiger partial charge on any atom is 0.178 e. The third-order valence-electron chi connectivity index (χ3n) is 5.58. The monoisotopic (exact) mass is 437 g/mol. The number of rotatable bonds is 4. The van der Waals surface area contributed by atoms with Gasteiger partial charge in [0.2, 0.25) is 0 Å². The fraction of sp³-hybridized carbons (Fsp3) is 0.0833. The molecule has 0 atom stereocenters. The number of hydrogen-bond donors (Lipinski definition) is 2. The van der Waals surface area contributed by atoms with Crippen molar-refractivity contribution < 1.29 is 0 Å². The summed E-state index contributed by atoms with van der Waals surface area (Å²) in [6.07, 6.45) is 5.54. The number of nitrogens with one attached hydrogen (secondary N) is 2. The highest BCUT2D eigenvalue weighted by Gasteiger charge is 2.16. The van der Waals surface area contributed by atoms with Crippen molar-refractivity contribution in [1.29, 1.82) is 0 Å². The number of benzene rings is 1. The molecule has 7 nitrogen and oxygen atoms in total. The van der Waals surface area contributed by atoms with Gasteiger partial charge >= 0.3 is 0 Å². The minimum atomic E-state index is 0.680. The fourth-order valence-corrected chi connectivity index (χ4v) is 4.54. The van der Waals surface area contributed by atoms with Crippen LogP contribution in [0, 0.1) is 0 Å². The van der Waals surface area contributed by atoms with E-state index in [1.165, 1.54) is 0 Å². The molecule has 6 rings (SSSR count). The van der Waals surface area contributed by atoms with Gasteiger partial charge in [-0.3, -0.25) is 10.1 Å². The maximum absolute atomic E-state index is 4.75. The number of hydrogen-bond acceptors (Lipinski definition) is 6. The van der Waals surface area contributed by atoms with Crippen molar-refractivity contribution in [3.8, 4) is 33.8 Å². The van der Waals surface area contributed by atoms with E-state index in [0.29, 0.717) is 11.5 Å². The summed E-state index contributed by atoms with van der Waals surface area (Å²) in [5, 5.41) is 12.9. The molecule has 5 heterocycles. The second kappa shape index (κ2) is 7.28. The summed E-state index contributed by atoms with van der Waals surface area (Å²) in [4.78, 5) is 19.1. The number of aromatic amines is 2. The Morgan fingerprint density at radius 3 is 2.75 bits per heavy atom. The third kappa shape index (κ3) is 3.04. The van der Waals surface area contributed by atoms with Gasteiger partial charge in [0.15, 0.2) is 11.5 Å². The largest absolute Gasteiger partial charge is 0.376 e. The van der Waals surface area contributed by atoms with Crippen LogP contribution in [-0.4, -0.2) is 44.2 Å². The number of fused-ring (bicyclic) bond motifs is 2. The molecule has 6 aromatic rings. The molecule has 0 radical (unpaired) electrons. The number of thiophene rings is 1. The Hall–Kier alpha value is -4.04. The Bertz CT molecular complexity index is 1560. The lowest BCUT2D eigenvalue weighted by molar-refractivity contribution is 1.10. The first-order chi connectivity index (χ1) is 15.7. The van der Waals surface area contributed by atoms with Gasteiger partial charge in [-0.2, -0.15) is 16.4 Å². The van der Waals surface area contributed by atoms with Gasteiger partial charge in [0.1, 0.15) is 5.69 Å². The third-order valence-corrected chi connectivity index (χ3v) is 6.27. The van der Waals surface area contributed by atoms with Gasteiger partial charge in [0.25, 0.3) is 0 Å². The number of pyridine rings is 2. The summed E-state index contributed by atoms with van der Waals surface area (Å²) in [6, 6.07) is 12.5. The molecule has 0 saturated carbocycles. The van der Waals surface area contributed by atoms with Crippen molar-refractivity contribution in [2.75, 3.05) is 19.0 Å². The molecule has 2 N–H and O–H groups in total. The van der Waals surface area contributed by atoms with E-state index in [1.807, 2.05) is 43.5 Å². The summed E-state index contributed by atoms with van der Waals surface area (Å²) < 4.78 is 0. The number of aromatic nitrogens is 6. The molecular formula is C24H19N7S. The maximum atomic E-state index is 4.75. The number of H-pyrrole nitrogens is 2. The highest BCUT2D eigenvalue weighted by molar-refractivity contribution is 7.08. The van der Waals surface area contributed by atoms with Gasteiger partial charge in [0, 0.05) is 43.0 Å². The molecule has 0 amide bonds. The first-order valence-electron chi connectivity index (χ1n) is 10.2. The van der Waals surface area contributed by atoms with Crippen molar-refractivity contribution in [3.63, 3.8) is 0 Å². The van der Waals surface area contributed by atoms with Gasteiger partial charge in [-0.15, -0.1) is 0 Å². The summed E-state index contributed by atoms with van der Waals surface area (Å²) in [5.74, 6) is 0.693. The van der Waals surface area contributed by atoms with E-state index in [9.17, 15) is 0 Å². The normalized spacial score (nSPS) is 11.4. The Kier molecular flexibility index (Phi) is 4.26. The molecule has 0 fully saturated rings. The second-order valence-corrected chi connectivity index (χ2v) is 8.59. The van der Waals surface area contributed by atoms with Crippen LogP contribution in [0.15, 0.2) is 65.7 Å². The summed E-state index contributed by atoms with van der Waals surface area (Å²) in [7, 11) is 4.02. The van der Waals surface area contributed by atoms with E-state index in [-0.39, 0.29) is 0 Å². The predicted molar refractivity (Wildman–Crippen MR) is 130 cm³/mol. The molecule has 0 unspecified atom stereocenters. The highest BCUT2D eigenvalue weighted by atomic mass is 32.1. The predicted octanol–water partition coefficient (Wildman–Crippen LogP) is 5.36. The Labute approximate surface area is 187 Å². The van der Waals surface area contributed by atoms with E-state index in [2.05, 4.69) is 60.2 Å². The molecule has 5 aromatic heterocycles. The van der Waals surface area contributed by atoms with Crippen LogP contribution in [0.2, 0.25) is 0 Å². The van der Waals surface area contributed by atoms with Crippen LogP contribution < -0.4 is 4.90 Å². The zero-order chi connectivity index (χ0) is 21.7. The quantitative estimate of drug-likeness (QED) is 0.388. The summed E-state index contributed by atoms with van der Waals surface area (Å²) >= 11 is 1.67. The molecule has 0 aliphatic heterocycles. The zero-order valence-corrected chi connectivity index (χ0v) is 18.3. The van der Waals surface area contributed by atoms with Crippen LogP contribution in [-0.2, 0) is 0 Å². The van der Waals surface area contributed by atoms with Crippen molar-refractivity contribution in [2.45, 2.75) is 0 Å². The molecule has 0 aliphatic carbocycles. The van der Waals surface area contributed by atoms with Crippen LogP contribution in [0.3, 0.4) is 0 Å². The molecule has 0 saturated heterocycles. The van der Waals surface area contributed by atoms with Crippen molar-refractivity contribution in [2.24, 2.45) is 0 Å². The lowest BCUT2D eigenvalue weighted by atomic mass is 10.0. The van der Waals surface area contributed by atoms with Crippen LogP contribution >= 0.6 is 11.3 Å². The minimum absolute atomic E-state index is 0.680. The second-order valence-electron chi connectivity index (χ2n) is 7.81.